The number of nitrogens with zero attached hydrogens (tertiary/aromatic N) is 1. The summed E-state index contributed by atoms with van der Waals surface area (Å²) >= 11 is 0. The molecule has 0 aromatic carbocycles. The van der Waals surface area contributed by atoms with Crippen molar-refractivity contribution in [1.82, 2.24) is 10.2 Å². The van der Waals surface area contributed by atoms with Crippen LogP contribution in [-0.2, 0) is 9.53 Å². The second-order valence-corrected chi connectivity index (χ2v) is 5.83. The van der Waals surface area contributed by atoms with Crippen LogP contribution >= 0.6 is 0 Å². The van der Waals surface area contributed by atoms with Gasteiger partial charge in [-0.15, -0.1) is 0 Å². The smallest absolute Gasteiger partial charge is 0.250 e. The van der Waals surface area contributed by atoms with Crippen LogP contribution in [0.3, 0.4) is 0 Å². The number of nitrogens with one attached hydrogen (secondary N) is 1. The maximum atomic E-state index is 12.0. The number of ether oxygens (including phenoxy) is 1. The van der Waals surface area contributed by atoms with Gasteiger partial charge in [0.1, 0.15) is 11.4 Å². The first-order chi connectivity index (χ1) is 7.88. The van der Waals surface area contributed by atoms with E-state index in [2.05, 4.69) is 5.32 Å². The Bertz CT molecular complexity index is 338. The molecule has 1 N–H and O–H groups in total. The minimum atomic E-state index is -0.246. The van der Waals surface area contributed by atoms with Crippen LogP contribution in [0.1, 0.15) is 34.1 Å². The Kier molecular flexibility index (Phi) is 3.17. The SMILES string of the molecule is C[C@H]1C(OC(C)(C)C)=CC(=O)N1C1CCNC1. The van der Waals surface area contributed by atoms with Crippen LogP contribution in [0, 0.1) is 0 Å². The molecule has 4 heteroatoms. The van der Waals surface area contributed by atoms with E-state index in [4.69, 9.17) is 4.74 Å². The Morgan fingerprint density at radius 2 is 2.18 bits per heavy atom. The molecule has 0 spiro atoms. The minimum absolute atomic E-state index is 0.0617. The molecule has 1 saturated heterocycles. The molecule has 2 rings (SSSR count). The summed E-state index contributed by atoms with van der Waals surface area (Å²) in [5.41, 5.74) is -0.246. The highest BCUT2D eigenvalue weighted by Gasteiger charge is 2.38. The molecular formula is C13H22N2O2. The first-order valence-electron chi connectivity index (χ1n) is 6.32. The van der Waals surface area contributed by atoms with Crippen LogP contribution in [0.5, 0.6) is 0 Å². The zero-order valence-corrected chi connectivity index (χ0v) is 11.1. The number of amides is 1. The van der Waals surface area contributed by atoms with Gasteiger partial charge < -0.3 is 15.0 Å². The molecule has 0 radical (unpaired) electrons. The van der Waals surface area contributed by atoms with Crippen molar-refractivity contribution in [2.24, 2.45) is 0 Å². The summed E-state index contributed by atoms with van der Waals surface area (Å²) in [6, 6.07) is 0.376. The average Bonchev–Trinajstić information content (AvgIpc) is 2.74. The van der Waals surface area contributed by atoms with Gasteiger partial charge in [0.15, 0.2) is 0 Å². The number of hydrogen-bond acceptors (Lipinski definition) is 3. The molecule has 1 amide bonds. The molecule has 0 aliphatic carbocycles. The largest absolute Gasteiger partial charge is 0.490 e. The summed E-state index contributed by atoms with van der Waals surface area (Å²) < 4.78 is 5.85. The lowest BCUT2D eigenvalue weighted by Gasteiger charge is -2.31. The van der Waals surface area contributed by atoms with E-state index >= 15 is 0 Å². The lowest BCUT2D eigenvalue weighted by Crippen LogP contribution is -2.43. The quantitative estimate of drug-likeness (QED) is 0.788. The van der Waals surface area contributed by atoms with Crippen molar-refractivity contribution in [1.29, 1.82) is 0 Å². The maximum absolute atomic E-state index is 12.0. The van der Waals surface area contributed by atoms with Crippen molar-refractivity contribution in [3.8, 4) is 0 Å². The van der Waals surface area contributed by atoms with Gasteiger partial charge in [-0.25, -0.2) is 0 Å². The molecule has 96 valence electrons. The maximum Gasteiger partial charge on any atom is 0.250 e. The summed E-state index contributed by atoms with van der Waals surface area (Å²) in [5, 5.41) is 3.30. The van der Waals surface area contributed by atoms with Crippen molar-refractivity contribution in [2.45, 2.75) is 51.8 Å². The van der Waals surface area contributed by atoms with E-state index in [0.29, 0.717) is 6.04 Å². The molecule has 1 fully saturated rings. The van der Waals surface area contributed by atoms with Crippen LogP contribution in [-0.4, -0.2) is 41.6 Å². The summed E-state index contributed by atoms with van der Waals surface area (Å²) in [7, 11) is 0. The Morgan fingerprint density at radius 3 is 2.71 bits per heavy atom. The topological polar surface area (TPSA) is 41.6 Å². The van der Waals surface area contributed by atoms with Crippen LogP contribution < -0.4 is 5.32 Å². The lowest BCUT2D eigenvalue weighted by molar-refractivity contribution is -0.128. The van der Waals surface area contributed by atoms with Gasteiger partial charge in [-0.1, -0.05) is 0 Å². The van der Waals surface area contributed by atoms with E-state index in [0.717, 1.165) is 25.3 Å². The van der Waals surface area contributed by atoms with Crippen molar-refractivity contribution in [3.05, 3.63) is 11.8 Å². The van der Waals surface area contributed by atoms with Crippen LogP contribution in [0.25, 0.3) is 0 Å². The number of rotatable bonds is 2. The predicted molar refractivity (Wildman–Crippen MR) is 66.5 cm³/mol. The number of hydrogen-bond donors (Lipinski definition) is 1. The molecule has 17 heavy (non-hydrogen) atoms. The molecule has 0 aromatic rings. The normalized spacial score (nSPS) is 29.8. The minimum Gasteiger partial charge on any atom is -0.490 e. The Hall–Kier alpha value is -1.03. The molecule has 4 nitrogen and oxygen atoms in total. The van der Waals surface area contributed by atoms with Crippen molar-refractivity contribution in [3.63, 3.8) is 0 Å². The molecule has 2 heterocycles. The second-order valence-electron chi connectivity index (χ2n) is 5.83. The zero-order chi connectivity index (χ0) is 12.6. The van der Waals surface area contributed by atoms with Crippen LogP contribution in [0.4, 0.5) is 0 Å². The summed E-state index contributed by atoms with van der Waals surface area (Å²) in [5.74, 6) is 0.889. The van der Waals surface area contributed by atoms with E-state index < -0.39 is 0 Å². The number of carbonyl (C=O) groups excluding carboxylic acids is 1. The predicted octanol–water partition coefficient (Wildman–Crippen LogP) is 1.28. The fourth-order valence-corrected chi connectivity index (χ4v) is 2.49. The molecule has 0 bridgehead atoms. The molecular weight excluding hydrogens is 216 g/mol. The Balaban J connectivity index is 2.07. The van der Waals surface area contributed by atoms with Gasteiger partial charge >= 0.3 is 0 Å². The third kappa shape index (κ3) is 2.63. The second kappa shape index (κ2) is 4.33. The van der Waals surface area contributed by atoms with Gasteiger partial charge in [0.2, 0.25) is 0 Å². The lowest BCUT2D eigenvalue weighted by atomic mass is 10.1. The highest BCUT2D eigenvalue weighted by molar-refractivity contribution is 5.91. The Labute approximate surface area is 103 Å². The highest BCUT2D eigenvalue weighted by Crippen LogP contribution is 2.28. The van der Waals surface area contributed by atoms with Gasteiger partial charge in [-0.3, -0.25) is 4.79 Å². The van der Waals surface area contributed by atoms with Gasteiger partial charge in [-0.2, -0.15) is 0 Å². The molecule has 2 atom stereocenters. The van der Waals surface area contributed by atoms with Gasteiger partial charge in [0, 0.05) is 18.7 Å². The molecule has 0 saturated carbocycles. The van der Waals surface area contributed by atoms with Crippen molar-refractivity contribution >= 4 is 5.91 Å². The van der Waals surface area contributed by atoms with Crippen LogP contribution in [0.15, 0.2) is 11.8 Å². The van der Waals surface area contributed by atoms with E-state index in [1.165, 1.54) is 0 Å². The molecule has 1 unspecified atom stereocenters. The Morgan fingerprint density at radius 1 is 1.47 bits per heavy atom. The first-order valence-corrected chi connectivity index (χ1v) is 6.32. The van der Waals surface area contributed by atoms with Gasteiger partial charge in [0.25, 0.3) is 5.91 Å². The molecule has 2 aliphatic rings. The standard InChI is InChI=1S/C13H22N2O2/c1-9-11(17-13(2,3)4)7-12(16)15(9)10-5-6-14-8-10/h7,9-10,14H,5-6,8H2,1-4H3/t9-,10?/m0/s1. The molecule has 2 aliphatic heterocycles. The summed E-state index contributed by atoms with van der Waals surface area (Å²) in [6.45, 7) is 9.95. The fourth-order valence-electron chi connectivity index (χ4n) is 2.49. The number of carbonyl (C=O) groups is 1. The monoisotopic (exact) mass is 238 g/mol. The van der Waals surface area contributed by atoms with Gasteiger partial charge in [-0.05, 0) is 40.7 Å². The summed E-state index contributed by atoms with van der Waals surface area (Å²) in [4.78, 5) is 14.0. The van der Waals surface area contributed by atoms with E-state index in [-0.39, 0.29) is 17.6 Å². The van der Waals surface area contributed by atoms with Crippen molar-refractivity contribution in [2.75, 3.05) is 13.1 Å². The van der Waals surface area contributed by atoms with Crippen molar-refractivity contribution < 1.29 is 9.53 Å². The average molecular weight is 238 g/mol. The third-order valence-corrected chi connectivity index (χ3v) is 3.20. The van der Waals surface area contributed by atoms with E-state index in [1.54, 1.807) is 6.08 Å². The van der Waals surface area contributed by atoms with Gasteiger partial charge in [0.05, 0.1) is 6.04 Å². The highest BCUT2D eigenvalue weighted by atomic mass is 16.5. The van der Waals surface area contributed by atoms with Crippen LogP contribution in [0.2, 0.25) is 0 Å². The first kappa shape index (κ1) is 12.4. The summed E-state index contributed by atoms with van der Waals surface area (Å²) in [6.07, 6.45) is 2.68. The molecule has 0 aromatic heterocycles. The van der Waals surface area contributed by atoms with E-state index in [9.17, 15) is 4.79 Å². The zero-order valence-electron chi connectivity index (χ0n) is 11.1. The third-order valence-electron chi connectivity index (χ3n) is 3.20. The van der Waals surface area contributed by atoms with E-state index in [1.807, 2.05) is 32.6 Å². The fraction of sp³-hybridized carbons (Fsp3) is 0.769.